The van der Waals surface area contributed by atoms with E-state index in [2.05, 4.69) is 17.2 Å². The predicted octanol–water partition coefficient (Wildman–Crippen LogP) is 2.69. The van der Waals surface area contributed by atoms with E-state index < -0.39 is 24.1 Å². The van der Waals surface area contributed by atoms with Gasteiger partial charge in [-0.25, -0.2) is 4.98 Å². The van der Waals surface area contributed by atoms with Gasteiger partial charge in [-0.05, 0) is 12.2 Å². The van der Waals surface area contributed by atoms with Gasteiger partial charge in [-0.1, -0.05) is 0 Å². The van der Waals surface area contributed by atoms with Crippen molar-refractivity contribution in [2.45, 2.75) is 18.3 Å². The van der Waals surface area contributed by atoms with Crippen LogP contribution < -0.4 is 0 Å². The Balaban J connectivity index is 3.28. The lowest BCUT2D eigenvalue weighted by atomic mass is 10.1. The van der Waals surface area contributed by atoms with Crippen LogP contribution in [0.1, 0.15) is 11.7 Å². The van der Waals surface area contributed by atoms with Gasteiger partial charge in [0.2, 0.25) is 10.7 Å². The zero-order valence-electron chi connectivity index (χ0n) is 7.65. The lowest BCUT2D eigenvalue weighted by Crippen LogP contribution is -2.35. The Bertz CT molecular complexity index is 413. The standard InChI is InChI=1S/C6H5F6N3S/c1-15-4(16)13-3(14-15)2(5(7,8)9)6(10,11)12/h2H,1H3,(H,13,14,16). The van der Waals surface area contributed by atoms with Crippen LogP contribution in [0.4, 0.5) is 26.3 Å². The lowest BCUT2D eigenvalue weighted by molar-refractivity contribution is -0.255. The molecule has 0 radical (unpaired) electrons. The van der Waals surface area contributed by atoms with Gasteiger partial charge in [0.05, 0.1) is 0 Å². The van der Waals surface area contributed by atoms with Gasteiger partial charge in [0.1, 0.15) is 5.82 Å². The number of aryl methyl sites for hydroxylation is 1. The Morgan fingerprint density at radius 2 is 1.62 bits per heavy atom. The highest BCUT2D eigenvalue weighted by atomic mass is 32.1. The van der Waals surface area contributed by atoms with E-state index in [1.54, 1.807) is 0 Å². The SMILES string of the molecule is Cn1[nH]c(C(C(F)(F)F)C(F)(F)F)nc1=S. The van der Waals surface area contributed by atoms with Crippen LogP contribution in [0.3, 0.4) is 0 Å². The molecule has 0 aliphatic carbocycles. The van der Waals surface area contributed by atoms with E-state index >= 15 is 0 Å². The van der Waals surface area contributed by atoms with Gasteiger partial charge in [0.15, 0.2) is 0 Å². The number of halogens is 6. The Hall–Kier alpha value is -1.06. The first-order valence-electron chi connectivity index (χ1n) is 3.80. The quantitative estimate of drug-likeness (QED) is 0.625. The number of hydrogen-bond acceptors (Lipinski definition) is 2. The van der Waals surface area contributed by atoms with Crippen LogP contribution in [-0.2, 0) is 7.05 Å². The van der Waals surface area contributed by atoms with Crippen molar-refractivity contribution in [1.82, 2.24) is 14.8 Å². The summed E-state index contributed by atoms with van der Waals surface area (Å²) in [6.45, 7) is 0. The molecule has 0 saturated heterocycles. The molecule has 0 bridgehead atoms. The van der Waals surface area contributed by atoms with Gasteiger partial charge in [-0.2, -0.15) is 26.3 Å². The second-order valence-corrected chi connectivity index (χ2v) is 3.33. The number of rotatable bonds is 1. The van der Waals surface area contributed by atoms with Crippen LogP contribution in [0.25, 0.3) is 0 Å². The second-order valence-electron chi connectivity index (χ2n) is 2.97. The summed E-state index contributed by atoms with van der Waals surface area (Å²) in [6.07, 6.45) is -10.9. The van der Waals surface area contributed by atoms with Gasteiger partial charge < -0.3 is 0 Å². The molecule has 0 fully saturated rings. The predicted molar refractivity (Wildman–Crippen MR) is 43.2 cm³/mol. The molecule has 1 aromatic heterocycles. The molecular formula is C6H5F6N3S. The monoisotopic (exact) mass is 265 g/mol. The van der Waals surface area contributed by atoms with Gasteiger partial charge >= 0.3 is 12.4 Å². The van der Waals surface area contributed by atoms with Crippen LogP contribution in [0.5, 0.6) is 0 Å². The fourth-order valence-electron chi connectivity index (χ4n) is 1.05. The summed E-state index contributed by atoms with van der Waals surface area (Å²) in [5.41, 5.74) is 0. The summed E-state index contributed by atoms with van der Waals surface area (Å²) in [7, 11) is 1.17. The van der Waals surface area contributed by atoms with Gasteiger partial charge in [-0.3, -0.25) is 9.78 Å². The molecule has 1 heterocycles. The summed E-state index contributed by atoms with van der Waals surface area (Å²) in [4.78, 5) is 3.03. The van der Waals surface area contributed by atoms with Crippen LogP contribution in [-0.4, -0.2) is 27.1 Å². The zero-order chi connectivity index (χ0) is 12.7. The molecule has 1 N–H and O–H groups in total. The summed E-state index contributed by atoms with van der Waals surface area (Å²) in [5, 5.41) is 1.82. The van der Waals surface area contributed by atoms with E-state index in [1.807, 2.05) is 5.10 Å². The lowest BCUT2D eigenvalue weighted by Gasteiger charge is -2.20. The molecule has 0 unspecified atom stereocenters. The third-order valence-electron chi connectivity index (χ3n) is 1.71. The third-order valence-corrected chi connectivity index (χ3v) is 2.08. The molecule has 1 aromatic rings. The van der Waals surface area contributed by atoms with Crippen molar-refractivity contribution in [2.24, 2.45) is 7.05 Å². The van der Waals surface area contributed by atoms with E-state index in [0.717, 1.165) is 4.68 Å². The summed E-state index contributed by atoms with van der Waals surface area (Å²) in [6, 6.07) is 0. The first-order valence-corrected chi connectivity index (χ1v) is 4.20. The Labute approximate surface area is 90.1 Å². The topological polar surface area (TPSA) is 33.6 Å². The highest BCUT2D eigenvalue weighted by molar-refractivity contribution is 7.71. The van der Waals surface area contributed by atoms with Gasteiger partial charge in [-0.15, -0.1) is 0 Å². The molecule has 1 rings (SSSR count). The molecule has 0 aliphatic rings. The summed E-state index contributed by atoms with van der Waals surface area (Å²) < 4.78 is 73.7. The number of aromatic amines is 1. The molecule has 0 amide bonds. The molecule has 0 aromatic carbocycles. The average Bonchev–Trinajstić information content (AvgIpc) is 2.24. The number of hydrogen-bond donors (Lipinski definition) is 1. The largest absolute Gasteiger partial charge is 0.407 e. The molecule has 0 atom stereocenters. The highest BCUT2D eigenvalue weighted by Crippen LogP contribution is 2.44. The van der Waals surface area contributed by atoms with E-state index in [0.29, 0.717) is 0 Å². The summed E-state index contributed by atoms with van der Waals surface area (Å²) >= 11 is 4.42. The van der Waals surface area contributed by atoms with Gasteiger partial charge in [0.25, 0.3) is 0 Å². The van der Waals surface area contributed by atoms with Crippen molar-refractivity contribution in [1.29, 1.82) is 0 Å². The molecule has 0 saturated carbocycles. The highest BCUT2D eigenvalue weighted by Gasteiger charge is 2.59. The minimum Gasteiger partial charge on any atom is -0.283 e. The minimum absolute atomic E-state index is 0.381. The fourth-order valence-corrected chi connectivity index (χ4v) is 1.19. The normalized spacial score (nSPS) is 13.5. The molecular weight excluding hydrogens is 260 g/mol. The number of alkyl halides is 6. The Morgan fingerprint density at radius 1 is 1.19 bits per heavy atom. The number of nitrogens with zero attached hydrogens (tertiary/aromatic N) is 2. The van der Waals surface area contributed by atoms with Crippen molar-refractivity contribution in [3.8, 4) is 0 Å². The Morgan fingerprint density at radius 3 is 1.88 bits per heavy atom. The van der Waals surface area contributed by atoms with Crippen molar-refractivity contribution in [3.63, 3.8) is 0 Å². The number of aromatic nitrogens is 3. The maximum absolute atomic E-state index is 12.2. The molecule has 10 heteroatoms. The number of nitrogens with one attached hydrogen (secondary N) is 1. The molecule has 16 heavy (non-hydrogen) atoms. The van der Waals surface area contributed by atoms with Crippen molar-refractivity contribution < 1.29 is 26.3 Å². The fraction of sp³-hybridized carbons (Fsp3) is 0.667. The minimum atomic E-state index is -5.47. The number of H-pyrrole nitrogens is 1. The summed E-state index contributed by atoms with van der Waals surface area (Å²) in [5.74, 6) is -4.91. The van der Waals surface area contributed by atoms with Crippen LogP contribution in [0, 0.1) is 4.77 Å². The zero-order valence-corrected chi connectivity index (χ0v) is 8.46. The average molecular weight is 265 g/mol. The van der Waals surface area contributed by atoms with E-state index in [1.165, 1.54) is 7.05 Å². The van der Waals surface area contributed by atoms with Crippen molar-refractivity contribution in [3.05, 3.63) is 10.6 Å². The smallest absolute Gasteiger partial charge is 0.283 e. The van der Waals surface area contributed by atoms with Crippen LogP contribution in [0.2, 0.25) is 0 Å². The van der Waals surface area contributed by atoms with Crippen LogP contribution in [0.15, 0.2) is 0 Å². The third kappa shape index (κ3) is 2.54. The van der Waals surface area contributed by atoms with Crippen LogP contribution >= 0.6 is 12.2 Å². The molecule has 0 spiro atoms. The first-order chi connectivity index (χ1) is 7.03. The molecule has 92 valence electrons. The van der Waals surface area contributed by atoms with E-state index in [-0.39, 0.29) is 4.77 Å². The van der Waals surface area contributed by atoms with Crippen molar-refractivity contribution in [2.75, 3.05) is 0 Å². The maximum Gasteiger partial charge on any atom is 0.407 e. The molecule has 3 nitrogen and oxygen atoms in total. The van der Waals surface area contributed by atoms with Gasteiger partial charge in [0, 0.05) is 7.05 Å². The first kappa shape index (κ1) is 13.0. The second kappa shape index (κ2) is 3.75. The molecule has 0 aliphatic heterocycles. The van der Waals surface area contributed by atoms with Crippen molar-refractivity contribution >= 4 is 12.2 Å². The van der Waals surface area contributed by atoms with E-state index in [4.69, 9.17) is 0 Å². The van der Waals surface area contributed by atoms with E-state index in [9.17, 15) is 26.3 Å². The maximum atomic E-state index is 12.2. The Kier molecular flexibility index (Phi) is 3.05.